The van der Waals surface area contributed by atoms with Gasteiger partial charge in [-0.2, -0.15) is 0 Å². The van der Waals surface area contributed by atoms with Gasteiger partial charge in [0, 0.05) is 44.2 Å². The van der Waals surface area contributed by atoms with Crippen molar-refractivity contribution in [3.63, 3.8) is 0 Å². The quantitative estimate of drug-likeness (QED) is 0.731. The van der Waals surface area contributed by atoms with Crippen molar-refractivity contribution in [1.82, 2.24) is 10.2 Å². The first-order valence-electron chi connectivity index (χ1n) is 9.03. The highest BCUT2D eigenvalue weighted by Gasteiger charge is 2.32. The molecule has 0 bridgehead atoms. The van der Waals surface area contributed by atoms with Gasteiger partial charge in [0.15, 0.2) is 0 Å². The summed E-state index contributed by atoms with van der Waals surface area (Å²) in [4.78, 5) is 26.3. The number of carbonyl (C=O) groups excluding carboxylic acids is 2. The zero-order chi connectivity index (χ0) is 16.9. The Labute approximate surface area is 140 Å². The van der Waals surface area contributed by atoms with Gasteiger partial charge in [0.1, 0.15) is 0 Å². The van der Waals surface area contributed by atoms with Gasteiger partial charge in [-0.05, 0) is 38.0 Å². The number of ether oxygens (including phenoxy) is 1. The minimum atomic E-state index is -0.338. The van der Waals surface area contributed by atoms with Crippen molar-refractivity contribution in [1.29, 1.82) is 0 Å². The number of rotatable bonds is 7. The molecule has 0 aromatic rings. The van der Waals surface area contributed by atoms with Crippen LogP contribution >= 0.6 is 0 Å². The Morgan fingerprint density at radius 1 is 1.13 bits per heavy atom. The number of carbonyl (C=O) groups is 2. The van der Waals surface area contributed by atoms with Gasteiger partial charge in [0.2, 0.25) is 11.8 Å². The highest BCUT2D eigenvalue weighted by molar-refractivity contribution is 5.82. The molecule has 2 aliphatic rings. The van der Waals surface area contributed by atoms with Crippen LogP contribution in [0.3, 0.4) is 0 Å². The van der Waals surface area contributed by atoms with Crippen LogP contribution in [0.5, 0.6) is 0 Å². The SMILES string of the molecule is CC(C)(C)C(=O)N1CCC(C(=O)NCCCOCC2CC2)CC1. The van der Waals surface area contributed by atoms with Gasteiger partial charge in [-0.25, -0.2) is 0 Å². The molecule has 2 fully saturated rings. The number of nitrogens with one attached hydrogen (secondary N) is 1. The maximum absolute atomic E-state index is 12.2. The van der Waals surface area contributed by atoms with E-state index in [0.29, 0.717) is 19.6 Å². The van der Waals surface area contributed by atoms with E-state index in [9.17, 15) is 9.59 Å². The van der Waals surface area contributed by atoms with E-state index in [1.165, 1.54) is 12.8 Å². The van der Waals surface area contributed by atoms with Crippen LogP contribution in [0.2, 0.25) is 0 Å². The lowest BCUT2D eigenvalue weighted by Crippen LogP contribution is -2.46. The van der Waals surface area contributed by atoms with Crippen molar-refractivity contribution in [2.24, 2.45) is 17.3 Å². The summed E-state index contributed by atoms with van der Waals surface area (Å²) in [7, 11) is 0. The predicted molar refractivity (Wildman–Crippen MR) is 89.9 cm³/mol. The fourth-order valence-corrected chi connectivity index (χ4v) is 2.88. The van der Waals surface area contributed by atoms with Crippen molar-refractivity contribution >= 4 is 11.8 Å². The Morgan fingerprint density at radius 2 is 1.78 bits per heavy atom. The summed E-state index contributed by atoms with van der Waals surface area (Å²) in [6.07, 6.45) is 5.04. The van der Waals surface area contributed by atoms with Crippen LogP contribution in [-0.4, -0.2) is 49.6 Å². The third-order valence-electron chi connectivity index (χ3n) is 4.61. The summed E-state index contributed by atoms with van der Waals surface area (Å²) in [5.41, 5.74) is -0.338. The Morgan fingerprint density at radius 3 is 2.35 bits per heavy atom. The number of hydrogen-bond donors (Lipinski definition) is 1. The van der Waals surface area contributed by atoms with Crippen molar-refractivity contribution in [2.75, 3.05) is 32.8 Å². The van der Waals surface area contributed by atoms with E-state index in [4.69, 9.17) is 4.74 Å². The van der Waals surface area contributed by atoms with Gasteiger partial charge in [0.25, 0.3) is 0 Å². The van der Waals surface area contributed by atoms with Crippen LogP contribution in [0.15, 0.2) is 0 Å². The highest BCUT2D eigenvalue weighted by Crippen LogP contribution is 2.28. The average Bonchev–Trinajstić information content (AvgIpc) is 3.33. The third-order valence-corrected chi connectivity index (χ3v) is 4.61. The number of nitrogens with zero attached hydrogens (tertiary/aromatic N) is 1. The standard InChI is InChI=1S/C18H32N2O3/c1-18(2,3)17(22)20-10-7-15(8-11-20)16(21)19-9-4-12-23-13-14-5-6-14/h14-15H,4-13H2,1-3H3,(H,19,21). The highest BCUT2D eigenvalue weighted by atomic mass is 16.5. The van der Waals surface area contributed by atoms with Gasteiger partial charge >= 0.3 is 0 Å². The maximum atomic E-state index is 12.2. The molecule has 0 unspecified atom stereocenters. The molecule has 23 heavy (non-hydrogen) atoms. The Bertz CT molecular complexity index is 405. The van der Waals surface area contributed by atoms with Crippen molar-refractivity contribution in [3.8, 4) is 0 Å². The van der Waals surface area contributed by atoms with Crippen LogP contribution in [0.1, 0.15) is 52.9 Å². The summed E-state index contributed by atoms with van der Waals surface area (Å²) in [5.74, 6) is 1.16. The second-order valence-corrected chi connectivity index (χ2v) is 7.98. The second-order valence-electron chi connectivity index (χ2n) is 7.98. The number of likely N-dealkylation sites (tertiary alicyclic amines) is 1. The molecule has 0 spiro atoms. The first kappa shape index (κ1) is 18.2. The minimum absolute atomic E-state index is 0.0476. The molecule has 1 aliphatic heterocycles. The molecule has 5 nitrogen and oxygen atoms in total. The molecular formula is C18H32N2O3. The second kappa shape index (κ2) is 8.13. The number of amides is 2. The lowest BCUT2D eigenvalue weighted by atomic mass is 9.90. The van der Waals surface area contributed by atoms with Crippen LogP contribution in [-0.2, 0) is 14.3 Å². The first-order chi connectivity index (χ1) is 10.9. The molecule has 1 saturated heterocycles. The summed E-state index contributed by atoms with van der Waals surface area (Å²) < 4.78 is 5.56. The zero-order valence-electron chi connectivity index (χ0n) is 14.9. The molecule has 0 radical (unpaired) electrons. The predicted octanol–water partition coefficient (Wildman–Crippen LogP) is 2.20. The number of hydrogen-bond acceptors (Lipinski definition) is 3. The van der Waals surface area contributed by atoms with E-state index in [-0.39, 0.29) is 23.1 Å². The molecular weight excluding hydrogens is 292 g/mol. The molecule has 1 heterocycles. The molecule has 2 amide bonds. The summed E-state index contributed by atoms with van der Waals surface area (Å²) in [6, 6.07) is 0. The molecule has 2 rings (SSSR count). The van der Waals surface area contributed by atoms with E-state index in [0.717, 1.165) is 38.4 Å². The molecule has 0 atom stereocenters. The normalized spacial score (nSPS) is 19.7. The first-order valence-corrected chi connectivity index (χ1v) is 9.03. The largest absolute Gasteiger partial charge is 0.381 e. The van der Waals surface area contributed by atoms with Gasteiger partial charge in [-0.3, -0.25) is 9.59 Å². The smallest absolute Gasteiger partial charge is 0.227 e. The molecule has 0 aromatic heterocycles. The van der Waals surface area contributed by atoms with Crippen LogP contribution in [0.4, 0.5) is 0 Å². The lowest BCUT2D eigenvalue weighted by Gasteiger charge is -2.35. The van der Waals surface area contributed by atoms with Crippen molar-refractivity contribution < 1.29 is 14.3 Å². The average molecular weight is 324 g/mol. The Kier molecular flexibility index (Phi) is 6.45. The molecule has 1 N–H and O–H groups in total. The zero-order valence-corrected chi connectivity index (χ0v) is 14.9. The van der Waals surface area contributed by atoms with Crippen molar-refractivity contribution in [3.05, 3.63) is 0 Å². The minimum Gasteiger partial charge on any atom is -0.381 e. The molecule has 1 saturated carbocycles. The topological polar surface area (TPSA) is 58.6 Å². The van der Waals surface area contributed by atoms with Gasteiger partial charge < -0.3 is 15.0 Å². The molecule has 0 aromatic carbocycles. The van der Waals surface area contributed by atoms with Crippen LogP contribution in [0, 0.1) is 17.3 Å². The van der Waals surface area contributed by atoms with E-state index < -0.39 is 0 Å². The summed E-state index contributed by atoms with van der Waals surface area (Å²) >= 11 is 0. The molecule has 1 aliphatic carbocycles. The van der Waals surface area contributed by atoms with E-state index in [1.54, 1.807) is 0 Å². The van der Waals surface area contributed by atoms with E-state index in [1.807, 2.05) is 25.7 Å². The summed E-state index contributed by atoms with van der Waals surface area (Å²) in [5, 5.41) is 3.01. The van der Waals surface area contributed by atoms with E-state index >= 15 is 0 Å². The van der Waals surface area contributed by atoms with Crippen LogP contribution < -0.4 is 5.32 Å². The van der Waals surface area contributed by atoms with Gasteiger partial charge in [0.05, 0.1) is 0 Å². The van der Waals surface area contributed by atoms with Gasteiger partial charge in [-0.15, -0.1) is 0 Å². The van der Waals surface area contributed by atoms with E-state index in [2.05, 4.69) is 5.32 Å². The van der Waals surface area contributed by atoms with Crippen molar-refractivity contribution in [2.45, 2.75) is 52.9 Å². The van der Waals surface area contributed by atoms with Gasteiger partial charge in [-0.1, -0.05) is 20.8 Å². The Balaban J connectivity index is 1.56. The third kappa shape index (κ3) is 6.13. The molecule has 5 heteroatoms. The molecule has 132 valence electrons. The Hall–Kier alpha value is -1.10. The number of piperidine rings is 1. The lowest BCUT2D eigenvalue weighted by molar-refractivity contribution is -0.142. The fraction of sp³-hybridized carbons (Fsp3) is 0.889. The maximum Gasteiger partial charge on any atom is 0.227 e. The monoisotopic (exact) mass is 324 g/mol. The van der Waals surface area contributed by atoms with Crippen LogP contribution in [0.25, 0.3) is 0 Å². The fourth-order valence-electron chi connectivity index (χ4n) is 2.88. The summed E-state index contributed by atoms with van der Waals surface area (Å²) in [6.45, 7) is 9.52.